The van der Waals surface area contributed by atoms with Gasteiger partial charge in [-0.25, -0.2) is 0 Å². The molecule has 1 aromatic rings. The summed E-state index contributed by atoms with van der Waals surface area (Å²) in [5, 5.41) is 10.0. The predicted octanol–water partition coefficient (Wildman–Crippen LogP) is 4.64. The van der Waals surface area contributed by atoms with Gasteiger partial charge in [-0.15, -0.1) is 0 Å². The number of aliphatic hydroxyl groups is 1. The molecule has 0 saturated heterocycles. The minimum atomic E-state index is 0.369. The van der Waals surface area contributed by atoms with Crippen LogP contribution in [0.4, 0.5) is 0 Å². The summed E-state index contributed by atoms with van der Waals surface area (Å²) in [7, 11) is 0. The summed E-state index contributed by atoms with van der Waals surface area (Å²) in [5.74, 6) is 0.369. The van der Waals surface area contributed by atoms with Gasteiger partial charge in [0.1, 0.15) is 5.76 Å². The van der Waals surface area contributed by atoms with Crippen molar-refractivity contribution in [3.05, 3.63) is 52.3 Å². The van der Waals surface area contributed by atoms with E-state index < -0.39 is 0 Å². The zero-order chi connectivity index (χ0) is 12.1. The van der Waals surface area contributed by atoms with Crippen molar-refractivity contribution in [3.8, 4) is 0 Å². The summed E-state index contributed by atoms with van der Waals surface area (Å²) in [4.78, 5) is 0. The summed E-state index contributed by atoms with van der Waals surface area (Å²) < 4.78 is 0. The Labute approximate surface area is 98.1 Å². The van der Waals surface area contributed by atoms with Gasteiger partial charge in [-0.05, 0) is 50.0 Å². The Morgan fingerprint density at radius 3 is 2.44 bits per heavy atom. The van der Waals surface area contributed by atoms with Crippen LogP contribution in [0.15, 0.2) is 41.2 Å². The average molecular weight is 216 g/mol. The summed E-state index contributed by atoms with van der Waals surface area (Å²) in [6.07, 6.45) is 2.81. The SMILES string of the molecule is CC/C(C)=C(C)/C(O)=C\c1ccccc1C. The van der Waals surface area contributed by atoms with Crippen LogP contribution in [-0.2, 0) is 0 Å². The topological polar surface area (TPSA) is 20.2 Å². The van der Waals surface area contributed by atoms with Crippen LogP contribution in [0.5, 0.6) is 0 Å². The van der Waals surface area contributed by atoms with Crippen molar-refractivity contribution >= 4 is 6.08 Å². The van der Waals surface area contributed by atoms with E-state index in [-0.39, 0.29) is 0 Å². The number of hydrogen-bond donors (Lipinski definition) is 1. The molecule has 0 fully saturated rings. The first-order chi connectivity index (χ1) is 7.56. The maximum absolute atomic E-state index is 10.0. The fourth-order valence-electron chi connectivity index (χ4n) is 1.49. The van der Waals surface area contributed by atoms with E-state index in [1.165, 1.54) is 11.1 Å². The van der Waals surface area contributed by atoms with Gasteiger partial charge in [0.25, 0.3) is 0 Å². The van der Waals surface area contributed by atoms with Crippen LogP contribution in [0, 0.1) is 6.92 Å². The molecule has 0 saturated carbocycles. The highest BCUT2D eigenvalue weighted by molar-refractivity contribution is 5.58. The molecular weight excluding hydrogens is 196 g/mol. The molecule has 1 rings (SSSR count). The third-order valence-corrected chi connectivity index (χ3v) is 3.04. The summed E-state index contributed by atoms with van der Waals surface area (Å²) >= 11 is 0. The normalized spacial score (nSPS) is 13.6. The Hall–Kier alpha value is -1.50. The highest BCUT2D eigenvalue weighted by atomic mass is 16.3. The van der Waals surface area contributed by atoms with Crippen molar-refractivity contribution in [2.75, 3.05) is 0 Å². The molecule has 0 aliphatic rings. The lowest BCUT2D eigenvalue weighted by atomic mass is 10.0. The Balaban J connectivity index is 3.07. The molecule has 0 heterocycles. The van der Waals surface area contributed by atoms with Crippen LogP contribution in [0.3, 0.4) is 0 Å². The van der Waals surface area contributed by atoms with Gasteiger partial charge < -0.3 is 5.11 Å². The molecule has 0 spiro atoms. The number of aliphatic hydroxyl groups excluding tert-OH is 1. The molecule has 0 atom stereocenters. The molecule has 0 bridgehead atoms. The van der Waals surface area contributed by atoms with Gasteiger partial charge in [-0.2, -0.15) is 0 Å². The number of benzene rings is 1. The third kappa shape index (κ3) is 2.99. The molecule has 0 aliphatic carbocycles. The lowest BCUT2D eigenvalue weighted by Gasteiger charge is -2.06. The Morgan fingerprint density at radius 1 is 1.25 bits per heavy atom. The van der Waals surface area contributed by atoms with E-state index in [1.807, 2.05) is 44.2 Å². The standard InChI is InChI=1S/C15H20O/c1-5-11(2)13(4)15(16)10-14-9-7-6-8-12(14)3/h6-10,16H,5H2,1-4H3/b13-11+,15-10+. The molecule has 16 heavy (non-hydrogen) atoms. The zero-order valence-electron chi connectivity index (χ0n) is 10.5. The maximum Gasteiger partial charge on any atom is 0.119 e. The highest BCUT2D eigenvalue weighted by Crippen LogP contribution is 2.18. The Kier molecular flexibility index (Phi) is 4.36. The second-order valence-corrected chi connectivity index (χ2v) is 4.15. The number of rotatable bonds is 3. The molecule has 0 amide bonds. The molecule has 1 heteroatoms. The molecular formula is C15H20O. The van der Waals surface area contributed by atoms with Crippen molar-refractivity contribution in [2.24, 2.45) is 0 Å². The van der Waals surface area contributed by atoms with Gasteiger partial charge in [0.2, 0.25) is 0 Å². The maximum atomic E-state index is 10.0. The first-order valence-corrected chi connectivity index (χ1v) is 5.69. The minimum absolute atomic E-state index is 0.369. The smallest absolute Gasteiger partial charge is 0.119 e. The second-order valence-electron chi connectivity index (χ2n) is 4.15. The average Bonchev–Trinajstić information content (AvgIpc) is 2.30. The number of hydrogen-bond acceptors (Lipinski definition) is 1. The van der Waals surface area contributed by atoms with Crippen LogP contribution in [0.2, 0.25) is 0 Å². The predicted molar refractivity (Wildman–Crippen MR) is 70.4 cm³/mol. The van der Waals surface area contributed by atoms with Crippen molar-refractivity contribution < 1.29 is 5.11 Å². The van der Waals surface area contributed by atoms with Crippen molar-refractivity contribution in [2.45, 2.75) is 34.1 Å². The fraction of sp³-hybridized carbons (Fsp3) is 0.333. The van der Waals surface area contributed by atoms with Crippen LogP contribution < -0.4 is 0 Å². The first kappa shape index (κ1) is 12.6. The van der Waals surface area contributed by atoms with E-state index in [1.54, 1.807) is 0 Å². The molecule has 1 N–H and O–H groups in total. The molecule has 0 aromatic heterocycles. The van der Waals surface area contributed by atoms with Gasteiger partial charge in [0.15, 0.2) is 0 Å². The van der Waals surface area contributed by atoms with Crippen molar-refractivity contribution in [3.63, 3.8) is 0 Å². The van der Waals surface area contributed by atoms with E-state index in [0.717, 1.165) is 17.6 Å². The van der Waals surface area contributed by atoms with Crippen LogP contribution in [0.1, 0.15) is 38.3 Å². The molecule has 0 unspecified atom stereocenters. The van der Waals surface area contributed by atoms with Gasteiger partial charge in [-0.1, -0.05) is 36.8 Å². The van der Waals surface area contributed by atoms with Gasteiger partial charge in [-0.3, -0.25) is 0 Å². The van der Waals surface area contributed by atoms with E-state index in [0.29, 0.717) is 5.76 Å². The third-order valence-electron chi connectivity index (χ3n) is 3.04. The Bertz CT molecular complexity index is 425. The summed E-state index contributed by atoms with van der Waals surface area (Å²) in [5.41, 5.74) is 4.45. The van der Waals surface area contributed by atoms with Gasteiger partial charge >= 0.3 is 0 Å². The van der Waals surface area contributed by atoms with Crippen molar-refractivity contribution in [1.82, 2.24) is 0 Å². The van der Waals surface area contributed by atoms with Gasteiger partial charge in [0.05, 0.1) is 0 Å². The Morgan fingerprint density at radius 2 is 1.88 bits per heavy atom. The molecule has 1 nitrogen and oxygen atoms in total. The zero-order valence-corrected chi connectivity index (χ0v) is 10.5. The second kappa shape index (κ2) is 5.55. The molecule has 1 aromatic carbocycles. The van der Waals surface area contributed by atoms with Crippen LogP contribution in [-0.4, -0.2) is 5.11 Å². The highest BCUT2D eigenvalue weighted by Gasteiger charge is 2.02. The largest absolute Gasteiger partial charge is 0.508 e. The lowest BCUT2D eigenvalue weighted by molar-refractivity contribution is 0.427. The molecule has 86 valence electrons. The number of allylic oxidation sites excluding steroid dienone is 2. The summed E-state index contributed by atoms with van der Waals surface area (Å²) in [6, 6.07) is 8.05. The number of aryl methyl sites for hydroxylation is 1. The lowest BCUT2D eigenvalue weighted by Crippen LogP contribution is -1.89. The molecule has 0 aliphatic heterocycles. The van der Waals surface area contributed by atoms with Crippen LogP contribution in [0.25, 0.3) is 6.08 Å². The van der Waals surface area contributed by atoms with Gasteiger partial charge in [0, 0.05) is 0 Å². The quantitative estimate of drug-likeness (QED) is 0.576. The summed E-state index contributed by atoms with van der Waals surface area (Å²) in [6.45, 7) is 8.16. The fourth-order valence-corrected chi connectivity index (χ4v) is 1.49. The van der Waals surface area contributed by atoms with E-state index in [2.05, 4.69) is 13.8 Å². The van der Waals surface area contributed by atoms with E-state index >= 15 is 0 Å². The van der Waals surface area contributed by atoms with E-state index in [4.69, 9.17) is 0 Å². The first-order valence-electron chi connectivity index (χ1n) is 5.69. The minimum Gasteiger partial charge on any atom is -0.508 e. The van der Waals surface area contributed by atoms with Crippen molar-refractivity contribution in [1.29, 1.82) is 0 Å². The molecule has 0 radical (unpaired) electrons. The van der Waals surface area contributed by atoms with Crippen LogP contribution >= 0.6 is 0 Å². The van der Waals surface area contributed by atoms with E-state index in [9.17, 15) is 5.11 Å². The monoisotopic (exact) mass is 216 g/mol.